The van der Waals surface area contributed by atoms with E-state index in [0.717, 1.165) is 6.92 Å². The lowest BCUT2D eigenvalue weighted by molar-refractivity contribution is -0.145. The molecule has 11 heteroatoms. The van der Waals surface area contributed by atoms with E-state index in [9.17, 15) is 24.3 Å². The number of aliphatic carboxylic acids is 1. The summed E-state index contributed by atoms with van der Waals surface area (Å²) in [6.45, 7) is 1.16. The molecular formula is C11H20N4O6S. The molecule has 0 aliphatic heterocycles. The van der Waals surface area contributed by atoms with Gasteiger partial charge in [-0.3, -0.25) is 14.4 Å². The van der Waals surface area contributed by atoms with Crippen LogP contribution in [-0.4, -0.2) is 63.9 Å². The van der Waals surface area contributed by atoms with E-state index in [4.69, 9.17) is 16.6 Å². The number of hydrogen-bond acceptors (Lipinski definition) is 7. The summed E-state index contributed by atoms with van der Waals surface area (Å²) in [5.41, 5.74) is 10.4. The second-order valence-electron chi connectivity index (χ2n) is 4.59. The van der Waals surface area contributed by atoms with Crippen molar-refractivity contribution in [2.45, 2.75) is 37.6 Å². The number of carboxylic acids is 1. The van der Waals surface area contributed by atoms with E-state index in [1.165, 1.54) is 0 Å². The first-order valence-electron chi connectivity index (χ1n) is 6.26. The van der Waals surface area contributed by atoms with Crippen molar-refractivity contribution >= 4 is 36.3 Å². The van der Waals surface area contributed by atoms with Crippen LogP contribution in [0.1, 0.15) is 13.3 Å². The van der Waals surface area contributed by atoms with Crippen molar-refractivity contribution in [1.29, 1.82) is 0 Å². The molecule has 22 heavy (non-hydrogen) atoms. The Bertz CT molecular complexity index is 444. The fraction of sp³-hybridized carbons (Fsp3) is 0.636. The Kier molecular flexibility index (Phi) is 8.45. The van der Waals surface area contributed by atoms with Crippen molar-refractivity contribution in [2.75, 3.05) is 5.75 Å². The molecule has 0 aromatic heterocycles. The first-order valence-corrected chi connectivity index (χ1v) is 6.89. The van der Waals surface area contributed by atoms with Crippen molar-refractivity contribution in [1.82, 2.24) is 10.6 Å². The Labute approximate surface area is 132 Å². The number of rotatable bonds is 9. The van der Waals surface area contributed by atoms with Gasteiger partial charge in [-0.15, -0.1) is 0 Å². The van der Waals surface area contributed by atoms with Gasteiger partial charge in [0.15, 0.2) is 6.04 Å². The quantitative estimate of drug-likeness (QED) is 0.213. The van der Waals surface area contributed by atoms with Crippen LogP contribution in [0.15, 0.2) is 0 Å². The maximum atomic E-state index is 12.0. The molecular weight excluding hydrogens is 316 g/mol. The van der Waals surface area contributed by atoms with Crippen molar-refractivity contribution in [3.63, 3.8) is 0 Å². The van der Waals surface area contributed by atoms with Gasteiger partial charge in [0.05, 0.1) is 18.6 Å². The number of thiol groups is 1. The van der Waals surface area contributed by atoms with Crippen LogP contribution < -0.4 is 22.1 Å². The zero-order valence-corrected chi connectivity index (χ0v) is 12.7. The van der Waals surface area contributed by atoms with Gasteiger partial charge in [-0.25, -0.2) is 4.79 Å². The van der Waals surface area contributed by atoms with Gasteiger partial charge in [0, 0.05) is 5.75 Å². The van der Waals surface area contributed by atoms with Crippen LogP contribution >= 0.6 is 12.6 Å². The molecule has 4 unspecified atom stereocenters. The monoisotopic (exact) mass is 336 g/mol. The molecule has 0 aromatic rings. The summed E-state index contributed by atoms with van der Waals surface area (Å²) in [5.74, 6) is -4.09. The average molecular weight is 336 g/mol. The fourth-order valence-electron chi connectivity index (χ4n) is 1.41. The number of nitrogens with one attached hydrogen (secondary N) is 2. The largest absolute Gasteiger partial charge is 0.480 e. The molecule has 0 aliphatic carbocycles. The summed E-state index contributed by atoms with van der Waals surface area (Å²) >= 11 is 3.82. The topological polar surface area (TPSA) is 185 Å². The Morgan fingerprint density at radius 1 is 1.18 bits per heavy atom. The highest BCUT2D eigenvalue weighted by Crippen LogP contribution is 1.99. The number of amides is 3. The van der Waals surface area contributed by atoms with Gasteiger partial charge in [0.1, 0.15) is 6.04 Å². The Morgan fingerprint density at radius 2 is 1.73 bits per heavy atom. The number of carboxylic acid groups (broad SMARTS) is 1. The number of nitrogens with two attached hydrogens (primary N) is 2. The minimum absolute atomic E-state index is 0.00215. The Hall–Kier alpha value is -1.85. The smallest absolute Gasteiger partial charge is 0.328 e. The third-order valence-electron chi connectivity index (χ3n) is 2.62. The normalized spacial score (nSPS) is 16.0. The van der Waals surface area contributed by atoms with Gasteiger partial charge in [0.25, 0.3) is 0 Å². The lowest BCUT2D eigenvalue weighted by Gasteiger charge is -2.22. The lowest BCUT2D eigenvalue weighted by atomic mass is 10.1. The number of aliphatic hydroxyl groups is 1. The highest BCUT2D eigenvalue weighted by Gasteiger charge is 2.30. The summed E-state index contributed by atoms with van der Waals surface area (Å²) in [5, 5.41) is 22.4. The summed E-state index contributed by atoms with van der Waals surface area (Å²) < 4.78 is 0. The molecule has 3 amide bonds. The summed E-state index contributed by atoms with van der Waals surface area (Å²) in [6.07, 6.45) is -1.94. The van der Waals surface area contributed by atoms with Crippen LogP contribution in [0, 0.1) is 0 Å². The summed E-state index contributed by atoms with van der Waals surface area (Å²) in [6, 6.07) is -4.02. The molecule has 0 heterocycles. The van der Waals surface area contributed by atoms with E-state index in [0.29, 0.717) is 0 Å². The van der Waals surface area contributed by atoms with Gasteiger partial charge in [-0.05, 0) is 6.92 Å². The lowest BCUT2D eigenvalue weighted by Crippen LogP contribution is -2.57. The van der Waals surface area contributed by atoms with E-state index in [1.807, 2.05) is 5.32 Å². The first-order chi connectivity index (χ1) is 10.1. The van der Waals surface area contributed by atoms with E-state index in [-0.39, 0.29) is 5.75 Å². The SMILES string of the molecule is CC(O)C(NC(=O)C(CC(N)=O)NC(=O)C(N)CS)C(=O)O. The predicted molar refractivity (Wildman–Crippen MR) is 78.8 cm³/mol. The molecule has 0 rings (SSSR count). The average Bonchev–Trinajstić information content (AvgIpc) is 2.41. The fourth-order valence-corrected chi connectivity index (χ4v) is 1.58. The van der Waals surface area contributed by atoms with Crippen molar-refractivity contribution in [3.8, 4) is 0 Å². The van der Waals surface area contributed by atoms with Gasteiger partial charge in [-0.1, -0.05) is 0 Å². The van der Waals surface area contributed by atoms with Gasteiger partial charge < -0.3 is 32.3 Å². The molecule has 0 radical (unpaired) electrons. The molecule has 4 atom stereocenters. The minimum atomic E-state index is -1.60. The molecule has 0 spiro atoms. The maximum absolute atomic E-state index is 12.0. The number of carbonyl (C=O) groups is 4. The minimum Gasteiger partial charge on any atom is -0.480 e. The zero-order valence-electron chi connectivity index (χ0n) is 11.9. The number of carbonyl (C=O) groups excluding carboxylic acids is 3. The molecule has 126 valence electrons. The molecule has 0 bridgehead atoms. The number of aliphatic hydroxyl groups excluding tert-OH is 1. The molecule has 0 aromatic carbocycles. The summed E-state index contributed by atoms with van der Waals surface area (Å²) in [4.78, 5) is 45.5. The standard InChI is InChI=1S/C11H20N4O6S/c1-4(16)8(11(20)21)15-10(19)6(2-7(13)17)14-9(18)5(12)3-22/h4-6,8,16,22H,2-3,12H2,1H3,(H2,13,17)(H,14,18)(H,15,19)(H,20,21). The second-order valence-corrected chi connectivity index (χ2v) is 4.95. The van der Waals surface area contributed by atoms with Crippen LogP contribution in [0.3, 0.4) is 0 Å². The highest BCUT2D eigenvalue weighted by molar-refractivity contribution is 7.80. The van der Waals surface area contributed by atoms with Crippen LogP contribution in [-0.2, 0) is 19.2 Å². The van der Waals surface area contributed by atoms with Crippen LogP contribution in [0.5, 0.6) is 0 Å². The van der Waals surface area contributed by atoms with Gasteiger partial charge in [0.2, 0.25) is 17.7 Å². The summed E-state index contributed by atoms with van der Waals surface area (Å²) in [7, 11) is 0. The number of primary amides is 1. The Balaban J connectivity index is 5.01. The van der Waals surface area contributed by atoms with Crippen molar-refractivity contribution < 1.29 is 29.4 Å². The third-order valence-corrected chi connectivity index (χ3v) is 3.01. The van der Waals surface area contributed by atoms with E-state index < -0.39 is 54.3 Å². The second kappa shape index (κ2) is 9.23. The van der Waals surface area contributed by atoms with Crippen LogP contribution in [0.25, 0.3) is 0 Å². The third kappa shape index (κ3) is 6.74. The molecule has 8 N–H and O–H groups in total. The zero-order chi connectivity index (χ0) is 17.4. The maximum Gasteiger partial charge on any atom is 0.328 e. The van der Waals surface area contributed by atoms with E-state index >= 15 is 0 Å². The molecule has 10 nitrogen and oxygen atoms in total. The van der Waals surface area contributed by atoms with Crippen molar-refractivity contribution in [3.05, 3.63) is 0 Å². The van der Waals surface area contributed by atoms with Gasteiger partial charge >= 0.3 is 5.97 Å². The molecule has 0 saturated heterocycles. The first kappa shape index (κ1) is 20.1. The Morgan fingerprint density at radius 3 is 2.09 bits per heavy atom. The number of hydrogen-bond donors (Lipinski definition) is 7. The van der Waals surface area contributed by atoms with E-state index in [1.54, 1.807) is 0 Å². The van der Waals surface area contributed by atoms with Crippen molar-refractivity contribution in [2.24, 2.45) is 11.5 Å². The van der Waals surface area contributed by atoms with Crippen LogP contribution in [0.4, 0.5) is 0 Å². The predicted octanol–water partition coefficient (Wildman–Crippen LogP) is -3.45. The molecule has 0 aliphatic rings. The highest BCUT2D eigenvalue weighted by atomic mass is 32.1. The van der Waals surface area contributed by atoms with Crippen LogP contribution in [0.2, 0.25) is 0 Å². The van der Waals surface area contributed by atoms with E-state index in [2.05, 4.69) is 17.9 Å². The molecule has 0 saturated carbocycles. The van der Waals surface area contributed by atoms with Gasteiger partial charge in [-0.2, -0.15) is 12.6 Å². The molecule has 0 fully saturated rings.